The molecule has 0 radical (unpaired) electrons. The number of piperidine rings is 1. The van der Waals surface area contributed by atoms with Gasteiger partial charge in [0.05, 0.1) is 12.0 Å². The molecule has 0 saturated carbocycles. The summed E-state index contributed by atoms with van der Waals surface area (Å²) in [6.07, 6.45) is 0.898. The molecule has 5 nitrogen and oxygen atoms in total. The van der Waals surface area contributed by atoms with Gasteiger partial charge in [-0.3, -0.25) is 4.79 Å². The lowest BCUT2D eigenvalue weighted by Gasteiger charge is -2.30. The van der Waals surface area contributed by atoms with Gasteiger partial charge in [0.1, 0.15) is 11.6 Å². The maximum absolute atomic E-state index is 13.4. The Morgan fingerprint density at radius 3 is 2.30 bits per heavy atom. The molecule has 1 saturated heterocycles. The first kappa shape index (κ1) is 19.5. The van der Waals surface area contributed by atoms with Gasteiger partial charge in [0, 0.05) is 24.6 Å². The van der Waals surface area contributed by atoms with E-state index in [1.807, 2.05) is 0 Å². The van der Waals surface area contributed by atoms with Crippen molar-refractivity contribution < 1.29 is 22.3 Å². The van der Waals surface area contributed by atoms with Crippen molar-refractivity contribution in [3.63, 3.8) is 0 Å². The van der Waals surface area contributed by atoms with Crippen LogP contribution in [0.1, 0.15) is 28.8 Å². The van der Waals surface area contributed by atoms with E-state index in [4.69, 9.17) is 4.74 Å². The average molecular weight is 391 g/mol. The number of halogens is 1. The van der Waals surface area contributed by atoms with Gasteiger partial charge in [-0.2, -0.15) is 4.31 Å². The third-order valence-electron chi connectivity index (χ3n) is 4.96. The molecule has 0 aliphatic carbocycles. The minimum atomic E-state index is -3.60. The monoisotopic (exact) mass is 391 g/mol. The number of carbonyl (C=O) groups is 1. The number of nitrogens with zero attached hydrogens (tertiary/aromatic N) is 1. The Bertz CT molecular complexity index is 933. The first-order valence-electron chi connectivity index (χ1n) is 8.77. The van der Waals surface area contributed by atoms with Crippen LogP contribution in [0.5, 0.6) is 5.75 Å². The molecule has 3 rings (SSSR count). The molecular formula is C20H22FNO4S. The van der Waals surface area contributed by atoms with Crippen LogP contribution in [0.4, 0.5) is 4.39 Å². The second-order valence-electron chi connectivity index (χ2n) is 6.68. The van der Waals surface area contributed by atoms with Gasteiger partial charge in [0.15, 0.2) is 5.78 Å². The number of rotatable bonds is 5. The lowest BCUT2D eigenvalue weighted by molar-refractivity contribution is 0.0875. The molecule has 1 aliphatic heterocycles. The normalized spacial score (nSPS) is 16.3. The number of methoxy groups -OCH3 is 1. The van der Waals surface area contributed by atoms with Crippen molar-refractivity contribution in [1.29, 1.82) is 0 Å². The van der Waals surface area contributed by atoms with Gasteiger partial charge in [-0.1, -0.05) is 0 Å². The first-order chi connectivity index (χ1) is 12.8. The smallest absolute Gasteiger partial charge is 0.243 e. The predicted octanol–water partition coefficient (Wildman–Crippen LogP) is 3.43. The zero-order chi connectivity index (χ0) is 19.6. The van der Waals surface area contributed by atoms with E-state index in [9.17, 15) is 17.6 Å². The zero-order valence-electron chi connectivity index (χ0n) is 15.3. The molecule has 0 N–H and O–H groups in total. The lowest BCUT2D eigenvalue weighted by atomic mass is 9.89. The summed E-state index contributed by atoms with van der Waals surface area (Å²) in [6.45, 7) is 2.19. The maximum atomic E-state index is 13.4. The molecule has 2 aromatic rings. The van der Waals surface area contributed by atoms with Crippen molar-refractivity contribution in [3.8, 4) is 5.75 Å². The Hall–Kier alpha value is -2.25. The molecule has 27 heavy (non-hydrogen) atoms. The standard InChI is InChI=1S/C20H22FNO4S/c1-14-13-16(3-8-19(14)21)20(23)15-9-11-22(12-10-15)27(24,25)18-6-4-17(26-2)5-7-18/h3-8,13,15H,9-12H2,1-2H3. The molecule has 2 aromatic carbocycles. The Balaban J connectivity index is 1.68. The Morgan fingerprint density at radius 1 is 1.11 bits per heavy atom. The minimum Gasteiger partial charge on any atom is -0.497 e. The van der Waals surface area contributed by atoms with E-state index in [0.717, 1.165) is 0 Å². The fraction of sp³-hybridized carbons (Fsp3) is 0.350. The summed E-state index contributed by atoms with van der Waals surface area (Å²) in [4.78, 5) is 12.9. The molecular weight excluding hydrogens is 369 g/mol. The summed E-state index contributed by atoms with van der Waals surface area (Å²) in [7, 11) is -2.07. The summed E-state index contributed by atoms with van der Waals surface area (Å²) < 4.78 is 45.4. The quantitative estimate of drug-likeness (QED) is 0.733. The fourth-order valence-corrected chi connectivity index (χ4v) is 4.76. The molecule has 144 valence electrons. The number of carbonyl (C=O) groups excluding carboxylic acids is 1. The fourth-order valence-electron chi connectivity index (χ4n) is 3.29. The molecule has 0 amide bonds. The van der Waals surface area contributed by atoms with Crippen LogP contribution in [0.25, 0.3) is 0 Å². The van der Waals surface area contributed by atoms with E-state index >= 15 is 0 Å². The van der Waals surface area contributed by atoms with Crippen LogP contribution < -0.4 is 4.74 Å². The molecule has 0 unspecified atom stereocenters. The van der Waals surface area contributed by atoms with E-state index in [-0.39, 0.29) is 35.5 Å². The molecule has 0 aromatic heterocycles. The number of aryl methyl sites for hydroxylation is 1. The van der Waals surface area contributed by atoms with Crippen molar-refractivity contribution in [3.05, 3.63) is 59.4 Å². The number of ether oxygens (including phenoxy) is 1. The zero-order valence-corrected chi connectivity index (χ0v) is 16.1. The average Bonchev–Trinajstić information content (AvgIpc) is 2.69. The van der Waals surface area contributed by atoms with Gasteiger partial charge in [0.2, 0.25) is 10.0 Å². The third-order valence-corrected chi connectivity index (χ3v) is 6.88. The molecule has 7 heteroatoms. The van der Waals surface area contributed by atoms with Crippen molar-refractivity contribution in [1.82, 2.24) is 4.31 Å². The summed E-state index contributed by atoms with van der Waals surface area (Å²) in [5, 5.41) is 0. The highest BCUT2D eigenvalue weighted by atomic mass is 32.2. The highest BCUT2D eigenvalue weighted by Gasteiger charge is 2.32. The van der Waals surface area contributed by atoms with Gasteiger partial charge in [-0.25, -0.2) is 12.8 Å². The molecule has 1 fully saturated rings. The van der Waals surface area contributed by atoms with Crippen molar-refractivity contribution in [2.24, 2.45) is 5.92 Å². The van der Waals surface area contributed by atoms with E-state index in [1.165, 1.54) is 35.7 Å². The molecule has 1 heterocycles. The third kappa shape index (κ3) is 4.04. The number of sulfonamides is 1. The van der Waals surface area contributed by atoms with Crippen LogP contribution in [0.2, 0.25) is 0 Å². The summed E-state index contributed by atoms with van der Waals surface area (Å²) in [6, 6.07) is 10.6. The van der Waals surface area contributed by atoms with Crippen LogP contribution in [0.3, 0.4) is 0 Å². The van der Waals surface area contributed by atoms with Crippen molar-refractivity contribution in [2.75, 3.05) is 20.2 Å². The number of Topliss-reactive ketones (excluding diaryl/α,β-unsaturated/α-hetero) is 1. The van der Waals surface area contributed by atoms with E-state index in [2.05, 4.69) is 0 Å². The largest absolute Gasteiger partial charge is 0.497 e. The number of hydrogen-bond acceptors (Lipinski definition) is 4. The van der Waals surface area contributed by atoms with Crippen LogP contribution in [-0.2, 0) is 10.0 Å². The molecule has 0 spiro atoms. The molecule has 1 aliphatic rings. The van der Waals surface area contributed by atoms with Gasteiger partial charge in [-0.15, -0.1) is 0 Å². The Kier molecular flexibility index (Phi) is 5.62. The summed E-state index contributed by atoms with van der Waals surface area (Å²) >= 11 is 0. The van der Waals surface area contributed by atoms with Gasteiger partial charge in [0.25, 0.3) is 0 Å². The number of benzene rings is 2. The minimum absolute atomic E-state index is 0.0559. The summed E-state index contributed by atoms with van der Waals surface area (Å²) in [5.41, 5.74) is 0.908. The topological polar surface area (TPSA) is 63.7 Å². The number of ketones is 1. The van der Waals surface area contributed by atoms with Gasteiger partial charge in [-0.05, 0) is 67.8 Å². The Morgan fingerprint density at radius 2 is 1.74 bits per heavy atom. The molecule has 0 atom stereocenters. The van der Waals surface area contributed by atoms with Crippen LogP contribution in [0.15, 0.2) is 47.4 Å². The highest BCUT2D eigenvalue weighted by molar-refractivity contribution is 7.89. The van der Waals surface area contributed by atoms with Crippen molar-refractivity contribution in [2.45, 2.75) is 24.7 Å². The summed E-state index contributed by atoms with van der Waals surface area (Å²) in [5.74, 6) is -0.0587. The van der Waals surface area contributed by atoms with Crippen LogP contribution >= 0.6 is 0 Å². The second-order valence-corrected chi connectivity index (χ2v) is 8.62. The predicted molar refractivity (Wildman–Crippen MR) is 99.9 cm³/mol. The second kappa shape index (κ2) is 7.78. The van der Waals surface area contributed by atoms with Crippen LogP contribution in [-0.4, -0.2) is 38.7 Å². The van der Waals surface area contributed by atoms with Crippen molar-refractivity contribution >= 4 is 15.8 Å². The molecule has 0 bridgehead atoms. The van der Waals surface area contributed by atoms with Crippen LogP contribution in [0, 0.1) is 18.7 Å². The van der Waals surface area contributed by atoms with E-state index in [1.54, 1.807) is 25.1 Å². The Labute approximate surface area is 158 Å². The van der Waals surface area contributed by atoms with Gasteiger partial charge < -0.3 is 4.74 Å². The highest BCUT2D eigenvalue weighted by Crippen LogP contribution is 2.27. The van der Waals surface area contributed by atoms with Gasteiger partial charge >= 0.3 is 0 Å². The van der Waals surface area contributed by atoms with E-state index in [0.29, 0.717) is 29.7 Å². The SMILES string of the molecule is COc1ccc(S(=O)(=O)N2CCC(C(=O)c3ccc(F)c(C)c3)CC2)cc1. The number of hydrogen-bond donors (Lipinski definition) is 0. The first-order valence-corrected chi connectivity index (χ1v) is 10.2. The lowest BCUT2D eigenvalue weighted by Crippen LogP contribution is -2.40. The van der Waals surface area contributed by atoms with E-state index < -0.39 is 10.0 Å². The maximum Gasteiger partial charge on any atom is 0.243 e.